The van der Waals surface area contributed by atoms with Gasteiger partial charge >= 0.3 is 18.0 Å². The summed E-state index contributed by atoms with van der Waals surface area (Å²) in [6.45, 7) is 2.84. The zero-order valence-corrected chi connectivity index (χ0v) is 14.3. The lowest BCUT2D eigenvalue weighted by Gasteiger charge is -2.21. The van der Waals surface area contributed by atoms with Crippen LogP contribution in [-0.2, 0) is 22.6 Å². The molecular formula is C17H19N3O6. The van der Waals surface area contributed by atoms with E-state index in [1.54, 1.807) is 4.57 Å². The predicted octanol–water partition coefficient (Wildman–Crippen LogP) is 2.99. The minimum absolute atomic E-state index is 0.139. The Labute approximate surface area is 149 Å². The van der Waals surface area contributed by atoms with E-state index in [-0.39, 0.29) is 31.1 Å². The summed E-state index contributed by atoms with van der Waals surface area (Å²) in [7, 11) is 0. The minimum atomic E-state index is -0.737. The molecule has 0 unspecified atom stereocenters. The van der Waals surface area contributed by atoms with Gasteiger partial charge in [-0.25, -0.2) is 4.79 Å². The molecule has 0 saturated heterocycles. The van der Waals surface area contributed by atoms with Gasteiger partial charge in [0.2, 0.25) is 0 Å². The fourth-order valence-electron chi connectivity index (χ4n) is 2.56. The molecule has 2 aromatic rings. The summed E-state index contributed by atoms with van der Waals surface area (Å²) in [4.78, 5) is 25.6. The van der Waals surface area contributed by atoms with Crippen molar-refractivity contribution in [2.45, 2.75) is 39.0 Å². The quantitative estimate of drug-likeness (QED) is 0.442. The Kier molecular flexibility index (Phi) is 5.35. The highest BCUT2D eigenvalue weighted by Gasteiger charge is 2.28. The second-order valence-electron chi connectivity index (χ2n) is 6.02. The number of hydrogen-bond donors (Lipinski definition) is 0. The van der Waals surface area contributed by atoms with Crippen LogP contribution in [0.1, 0.15) is 24.0 Å². The van der Waals surface area contributed by atoms with Crippen LogP contribution in [0.2, 0.25) is 0 Å². The van der Waals surface area contributed by atoms with Crippen LogP contribution in [0.15, 0.2) is 30.5 Å². The van der Waals surface area contributed by atoms with Gasteiger partial charge in [0, 0.05) is 24.4 Å². The number of aryl methyl sites for hydroxylation is 2. The van der Waals surface area contributed by atoms with Gasteiger partial charge in [-0.15, -0.1) is 0 Å². The summed E-state index contributed by atoms with van der Waals surface area (Å²) in [5.74, 6) is -0.239. The summed E-state index contributed by atoms with van der Waals surface area (Å²) < 4.78 is 17.3. The third-order valence-corrected chi connectivity index (χ3v) is 4.02. The van der Waals surface area contributed by atoms with Crippen LogP contribution in [0.25, 0.3) is 0 Å². The van der Waals surface area contributed by atoms with Gasteiger partial charge in [0.15, 0.2) is 0 Å². The Balaban J connectivity index is 1.38. The van der Waals surface area contributed by atoms with Gasteiger partial charge in [0.05, 0.1) is 6.61 Å². The number of nitro groups is 1. The van der Waals surface area contributed by atoms with E-state index in [2.05, 4.69) is 4.98 Å². The van der Waals surface area contributed by atoms with Gasteiger partial charge in [0.1, 0.15) is 18.9 Å². The fourth-order valence-corrected chi connectivity index (χ4v) is 2.56. The molecule has 9 heteroatoms. The average Bonchev–Trinajstić information content (AvgIpc) is 3.05. The van der Waals surface area contributed by atoms with E-state index in [4.69, 9.17) is 14.2 Å². The van der Waals surface area contributed by atoms with Crippen LogP contribution >= 0.6 is 0 Å². The highest BCUT2D eigenvalue weighted by molar-refractivity contribution is 5.59. The van der Waals surface area contributed by atoms with Gasteiger partial charge in [0.25, 0.3) is 0 Å². The predicted molar refractivity (Wildman–Crippen MR) is 89.8 cm³/mol. The third-order valence-electron chi connectivity index (χ3n) is 4.02. The molecule has 138 valence electrons. The van der Waals surface area contributed by atoms with Crippen LogP contribution < -0.4 is 4.74 Å². The molecule has 2 heterocycles. The van der Waals surface area contributed by atoms with Crippen molar-refractivity contribution in [1.82, 2.24) is 9.55 Å². The highest BCUT2D eigenvalue weighted by atomic mass is 16.7. The number of aromatic nitrogens is 2. The maximum atomic E-state index is 11.6. The topological polar surface area (TPSA) is 106 Å². The second-order valence-corrected chi connectivity index (χ2v) is 6.02. The smallest absolute Gasteiger partial charge is 0.442 e. The number of fused-ring (bicyclic) bond motifs is 1. The first-order valence-corrected chi connectivity index (χ1v) is 8.24. The standard InChI is InChI=1S/C17H19N3O6/c1-12-2-4-13(5-3-12)11-25-17(21)24-9-7-14-6-8-19-10-15(20(22)23)18-16(19)26-14/h2-5,10,14H,6-9,11H2,1H3/t14-/m1/s1. The molecule has 1 atom stereocenters. The zero-order chi connectivity index (χ0) is 18.5. The summed E-state index contributed by atoms with van der Waals surface area (Å²) >= 11 is 0. The lowest BCUT2D eigenvalue weighted by molar-refractivity contribution is -0.389. The third kappa shape index (κ3) is 4.50. The first kappa shape index (κ1) is 17.7. The first-order valence-electron chi connectivity index (χ1n) is 8.24. The molecule has 0 N–H and O–H groups in total. The number of hydrogen-bond acceptors (Lipinski definition) is 7. The maximum absolute atomic E-state index is 11.6. The van der Waals surface area contributed by atoms with E-state index in [0.29, 0.717) is 19.4 Å². The number of nitrogens with zero attached hydrogens (tertiary/aromatic N) is 3. The molecule has 0 amide bonds. The van der Waals surface area contributed by atoms with Crippen LogP contribution in [0.4, 0.5) is 10.6 Å². The Hall–Kier alpha value is -3.10. The van der Waals surface area contributed by atoms with E-state index in [0.717, 1.165) is 11.1 Å². The molecule has 1 aliphatic heterocycles. The number of ether oxygens (including phenoxy) is 3. The summed E-state index contributed by atoms with van der Waals surface area (Å²) in [5.41, 5.74) is 2.02. The molecule has 9 nitrogen and oxygen atoms in total. The SMILES string of the molecule is Cc1ccc(COC(=O)OCC[C@H]2CCn3cc([N+](=O)[O-])nc3O2)cc1. The lowest BCUT2D eigenvalue weighted by atomic mass is 10.2. The van der Waals surface area contributed by atoms with E-state index < -0.39 is 11.1 Å². The molecular weight excluding hydrogens is 342 g/mol. The largest absolute Gasteiger partial charge is 0.508 e. The van der Waals surface area contributed by atoms with E-state index >= 15 is 0 Å². The summed E-state index contributed by atoms with van der Waals surface area (Å²) in [6.07, 6.45) is 1.51. The maximum Gasteiger partial charge on any atom is 0.508 e. The zero-order valence-electron chi connectivity index (χ0n) is 14.3. The average molecular weight is 361 g/mol. The number of carbonyl (C=O) groups excluding carboxylic acids is 1. The molecule has 0 spiro atoms. The Morgan fingerprint density at radius 3 is 2.88 bits per heavy atom. The van der Waals surface area contributed by atoms with Crippen molar-refractivity contribution in [3.63, 3.8) is 0 Å². The van der Waals surface area contributed by atoms with Crippen molar-refractivity contribution in [2.75, 3.05) is 6.61 Å². The molecule has 26 heavy (non-hydrogen) atoms. The van der Waals surface area contributed by atoms with E-state index in [9.17, 15) is 14.9 Å². The van der Waals surface area contributed by atoms with Crippen molar-refractivity contribution in [3.8, 4) is 6.01 Å². The minimum Gasteiger partial charge on any atom is -0.442 e. The molecule has 0 radical (unpaired) electrons. The van der Waals surface area contributed by atoms with Crippen molar-refractivity contribution < 1.29 is 23.9 Å². The number of carbonyl (C=O) groups is 1. The van der Waals surface area contributed by atoms with Crippen molar-refractivity contribution in [2.24, 2.45) is 0 Å². The van der Waals surface area contributed by atoms with Crippen LogP contribution in [0.5, 0.6) is 6.01 Å². The first-order chi connectivity index (χ1) is 12.5. The van der Waals surface area contributed by atoms with Crippen LogP contribution in [-0.4, -0.2) is 33.3 Å². The van der Waals surface area contributed by atoms with Crippen LogP contribution in [0.3, 0.4) is 0 Å². The molecule has 1 aromatic heterocycles. The van der Waals surface area contributed by atoms with Gasteiger partial charge in [-0.05, 0) is 17.4 Å². The Morgan fingerprint density at radius 1 is 1.38 bits per heavy atom. The highest BCUT2D eigenvalue weighted by Crippen LogP contribution is 2.25. The van der Waals surface area contributed by atoms with Gasteiger partial charge in [-0.2, -0.15) is 0 Å². The van der Waals surface area contributed by atoms with Gasteiger partial charge < -0.3 is 24.3 Å². The van der Waals surface area contributed by atoms with Crippen LogP contribution in [0, 0.1) is 17.0 Å². The fraction of sp³-hybridized carbons (Fsp3) is 0.412. The molecule has 1 aliphatic rings. The normalized spacial score (nSPS) is 15.7. The summed E-state index contributed by atoms with van der Waals surface area (Å²) in [6, 6.07) is 7.88. The molecule has 0 aliphatic carbocycles. The molecule has 0 bridgehead atoms. The summed E-state index contributed by atoms with van der Waals surface area (Å²) in [5, 5.41) is 10.7. The van der Waals surface area contributed by atoms with Crippen molar-refractivity contribution in [3.05, 3.63) is 51.7 Å². The molecule has 1 aromatic carbocycles. The number of imidazole rings is 1. The Morgan fingerprint density at radius 2 is 2.15 bits per heavy atom. The van der Waals surface area contributed by atoms with E-state index in [1.807, 2.05) is 31.2 Å². The Bertz CT molecular complexity index is 786. The van der Waals surface area contributed by atoms with Crippen molar-refractivity contribution in [1.29, 1.82) is 0 Å². The van der Waals surface area contributed by atoms with Crippen molar-refractivity contribution >= 4 is 12.0 Å². The lowest BCUT2D eigenvalue weighted by Crippen LogP contribution is -2.27. The number of benzene rings is 1. The van der Waals surface area contributed by atoms with E-state index in [1.165, 1.54) is 6.20 Å². The molecule has 0 fully saturated rings. The number of rotatable bonds is 6. The van der Waals surface area contributed by atoms with Gasteiger partial charge in [-0.3, -0.25) is 4.57 Å². The van der Waals surface area contributed by atoms with Gasteiger partial charge in [-0.1, -0.05) is 29.8 Å². The monoisotopic (exact) mass is 361 g/mol. The molecule has 3 rings (SSSR count). The second kappa shape index (κ2) is 7.85. The molecule has 0 saturated carbocycles.